The Morgan fingerprint density at radius 2 is 1.76 bits per heavy atom. The van der Waals surface area contributed by atoms with E-state index in [1.807, 2.05) is 61.2 Å². The Balaban J connectivity index is 0.00000300. The fraction of sp³-hybridized carbons (Fsp3) is 0.364. The van der Waals surface area contributed by atoms with Gasteiger partial charge in [0.25, 0.3) is 0 Å². The number of amides is 1. The van der Waals surface area contributed by atoms with Crippen LogP contribution in [0.5, 0.6) is 0 Å². The molecule has 2 aromatic carbocycles. The number of nitrogens with two attached hydrogens (primary N) is 1. The summed E-state index contributed by atoms with van der Waals surface area (Å²) in [4.78, 5) is 19.4. The molecule has 7 heteroatoms. The van der Waals surface area contributed by atoms with Crippen LogP contribution in [0, 0.1) is 13.8 Å². The molecule has 29 heavy (non-hydrogen) atoms. The fourth-order valence-electron chi connectivity index (χ4n) is 3.44. The molecule has 1 saturated heterocycles. The number of aliphatic imine (C=N–C) groups is 1. The molecule has 1 aliphatic heterocycles. The van der Waals surface area contributed by atoms with Crippen molar-refractivity contribution in [2.24, 2.45) is 10.7 Å². The molecule has 6 nitrogen and oxygen atoms in total. The standard InChI is InChI=1S/C22H28N4O2.HI/c1-16-12-17(2)14-19(13-16)25-22(23)24-15-20(18-6-4-3-5-7-18)21(27)26-8-10-28-11-9-26;/h3-7,12-14,20H,8-11,15H2,1-2H3,(H3,23,24,25);1H. The molecule has 3 rings (SSSR count). The number of hydrogen-bond acceptors (Lipinski definition) is 3. The van der Waals surface area contributed by atoms with E-state index < -0.39 is 0 Å². The Morgan fingerprint density at radius 1 is 1.14 bits per heavy atom. The normalized spacial score (nSPS) is 15.4. The third kappa shape index (κ3) is 6.71. The van der Waals surface area contributed by atoms with Gasteiger partial charge in [-0.2, -0.15) is 0 Å². The monoisotopic (exact) mass is 508 g/mol. The van der Waals surface area contributed by atoms with Gasteiger partial charge in [-0.1, -0.05) is 36.4 Å². The van der Waals surface area contributed by atoms with Crippen LogP contribution in [-0.2, 0) is 9.53 Å². The van der Waals surface area contributed by atoms with E-state index in [0.29, 0.717) is 38.8 Å². The van der Waals surface area contributed by atoms with Crippen LogP contribution < -0.4 is 11.1 Å². The van der Waals surface area contributed by atoms with Gasteiger partial charge in [0.1, 0.15) is 0 Å². The molecule has 0 bridgehead atoms. The second-order valence-electron chi connectivity index (χ2n) is 7.13. The molecule has 1 aliphatic rings. The summed E-state index contributed by atoms with van der Waals surface area (Å²) in [5.74, 6) is 0.0112. The quantitative estimate of drug-likeness (QED) is 0.369. The number of hydrogen-bond donors (Lipinski definition) is 2. The van der Waals surface area contributed by atoms with Gasteiger partial charge in [0, 0.05) is 18.8 Å². The molecule has 0 aliphatic carbocycles. The van der Waals surface area contributed by atoms with E-state index in [1.165, 1.54) is 0 Å². The maximum Gasteiger partial charge on any atom is 0.232 e. The third-order valence-electron chi connectivity index (χ3n) is 4.76. The van der Waals surface area contributed by atoms with Crippen molar-refractivity contribution >= 4 is 41.5 Å². The van der Waals surface area contributed by atoms with Crippen LogP contribution in [-0.4, -0.2) is 49.6 Å². The largest absolute Gasteiger partial charge is 0.378 e. The van der Waals surface area contributed by atoms with E-state index >= 15 is 0 Å². The van der Waals surface area contributed by atoms with E-state index in [9.17, 15) is 4.79 Å². The summed E-state index contributed by atoms with van der Waals surface area (Å²) < 4.78 is 5.37. The Hall–Kier alpha value is -2.13. The number of halogens is 1. The molecule has 1 atom stereocenters. The summed E-state index contributed by atoms with van der Waals surface area (Å²) in [6, 6.07) is 15.9. The minimum Gasteiger partial charge on any atom is -0.378 e. The highest BCUT2D eigenvalue weighted by Crippen LogP contribution is 2.20. The third-order valence-corrected chi connectivity index (χ3v) is 4.76. The summed E-state index contributed by atoms with van der Waals surface area (Å²) >= 11 is 0. The van der Waals surface area contributed by atoms with Gasteiger partial charge >= 0.3 is 0 Å². The predicted molar refractivity (Wildman–Crippen MR) is 128 cm³/mol. The van der Waals surface area contributed by atoms with Gasteiger partial charge in [-0.25, -0.2) is 0 Å². The molecule has 1 fully saturated rings. The van der Waals surface area contributed by atoms with Crippen molar-refractivity contribution in [3.63, 3.8) is 0 Å². The smallest absolute Gasteiger partial charge is 0.232 e. The molecule has 3 N–H and O–H groups in total. The zero-order valence-electron chi connectivity index (χ0n) is 16.9. The second-order valence-corrected chi connectivity index (χ2v) is 7.13. The summed E-state index contributed by atoms with van der Waals surface area (Å²) in [7, 11) is 0. The van der Waals surface area contributed by atoms with E-state index in [1.54, 1.807) is 0 Å². The second kappa shape index (κ2) is 11.2. The summed E-state index contributed by atoms with van der Waals surface area (Å²) in [5, 5.41) is 3.13. The number of ether oxygens (including phenoxy) is 1. The minimum atomic E-state index is -0.362. The number of carbonyl (C=O) groups is 1. The Kier molecular flexibility index (Phi) is 8.91. The van der Waals surface area contributed by atoms with E-state index in [0.717, 1.165) is 22.4 Å². The molecule has 1 heterocycles. The highest BCUT2D eigenvalue weighted by molar-refractivity contribution is 14.0. The number of benzene rings is 2. The molecule has 0 spiro atoms. The number of rotatable bonds is 5. The van der Waals surface area contributed by atoms with Crippen LogP contribution in [0.1, 0.15) is 22.6 Å². The molecule has 0 aromatic heterocycles. The van der Waals surface area contributed by atoms with Crippen LogP contribution in [0.3, 0.4) is 0 Å². The van der Waals surface area contributed by atoms with Crippen molar-refractivity contribution in [3.05, 3.63) is 65.2 Å². The Bertz CT molecular complexity index is 816. The highest BCUT2D eigenvalue weighted by atomic mass is 127. The van der Waals surface area contributed by atoms with Crippen molar-refractivity contribution in [3.8, 4) is 0 Å². The molecule has 0 saturated carbocycles. The number of guanidine groups is 1. The lowest BCUT2D eigenvalue weighted by Crippen LogP contribution is -2.43. The number of aryl methyl sites for hydroxylation is 2. The maximum atomic E-state index is 13.1. The lowest BCUT2D eigenvalue weighted by atomic mass is 9.97. The molecule has 1 unspecified atom stereocenters. The SMILES string of the molecule is Cc1cc(C)cc(NC(N)=NCC(C(=O)N2CCOCC2)c2ccccc2)c1.I. The van der Waals surface area contributed by atoms with Crippen LogP contribution in [0.25, 0.3) is 0 Å². The summed E-state index contributed by atoms with van der Waals surface area (Å²) in [5.41, 5.74) is 10.3. The van der Waals surface area contributed by atoms with Crippen LogP contribution in [0.15, 0.2) is 53.5 Å². The first kappa shape index (κ1) is 23.2. The van der Waals surface area contributed by atoms with Gasteiger partial charge in [-0.3, -0.25) is 9.79 Å². The first-order valence-electron chi connectivity index (χ1n) is 9.59. The molecular formula is C22H29IN4O2. The lowest BCUT2D eigenvalue weighted by molar-refractivity contribution is -0.136. The first-order chi connectivity index (χ1) is 13.5. The first-order valence-corrected chi connectivity index (χ1v) is 9.59. The van der Waals surface area contributed by atoms with Crippen LogP contribution in [0.2, 0.25) is 0 Å². The topological polar surface area (TPSA) is 79.9 Å². The van der Waals surface area contributed by atoms with Crippen molar-refractivity contribution in [2.45, 2.75) is 19.8 Å². The molecule has 0 radical (unpaired) electrons. The Morgan fingerprint density at radius 3 is 2.38 bits per heavy atom. The Labute approximate surface area is 189 Å². The van der Waals surface area contributed by atoms with Gasteiger partial charge in [0.15, 0.2) is 5.96 Å². The van der Waals surface area contributed by atoms with Crippen molar-refractivity contribution in [1.82, 2.24) is 4.90 Å². The average Bonchev–Trinajstić information content (AvgIpc) is 2.68. The number of carbonyl (C=O) groups excluding carboxylic acids is 1. The number of nitrogens with zero attached hydrogens (tertiary/aromatic N) is 2. The maximum absolute atomic E-state index is 13.1. The number of anilines is 1. The minimum absolute atomic E-state index is 0. The summed E-state index contributed by atoms with van der Waals surface area (Å²) in [6.45, 7) is 6.75. The van der Waals surface area contributed by atoms with Gasteiger partial charge < -0.3 is 20.7 Å². The highest BCUT2D eigenvalue weighted by Gasteiger charge is 2.27. The number of nitrogens with one attached hydrogen (secondary N) is 1. The summed E-state index contributed by atoms with van der Waals surface area (Å²) in [6.07, 6.45) is 0. The number of morpholine rings is 1. The van der Waals surface area contributed by atoms with Crippen LogP contribution in [0.4, 0.5) is 5.69 Å². The van der Waals surface area contributed by atoms with Crippen LogP contribution >= 0.6 is 24.0 Å². The predicted octanol–water partition coefficient (Wildman–Crippen LogP) is 3.29. The zero-order valence-corrected chi connectivity index (χ0v) is 19.3. The van der Waals surface area contributed by atoms with Crippen molar-refractivity contribution in [2.75, 3.05) is 38.2 Å². The zero-order chi connectivity index (χ0) is 19.9. The molecule has 156 valence electrons. The lowest BCUT2D eigenvalue weighted by Gasteiger charge is -2.30. The van der Waals surface area contributed by atoms with Gasteiger partial charge in [0.2, 0.25) is 5.91 Å². The van der Waals surface area contributed by atoms with Crippen molar-refractivity contribution in [1.29, 1.82) is 0 Å². The molecular weight excluding hydrogens is 479 g/mol. The molecule has 1 amide bonds. The van der Waals surface area contributed by atoms with E-state index in [4.69, 9.17) is 10.5 Å². The van der Waals surface area contributed by atoms with Gasteiger partial charge in [-0.05, 0) is 42.7 Å². The van der Waals surface area contributed by atoms with E-state index in [-0.39, 0.29) is 35.8 Å². The van der Waals surface area contributed by atoms with E-state index in [2.05, 4.69) is 16.4 Å². The fourth-order valence-corrected chi connectivity index (χ4v) is 3.44. The van der Waals surface area contributed by atoms with Gasteiger partial charge in [-0.15, -0.1) is 24.0 Å². The van der Waals surface area contributed by atoms with Gasteiger partial charge in [0.05, 0.1) is 25.7 Å². The molecule has 2 aromatic rings. The average molecular weight is 508 g/mol. The van der Waals surface area contributed by atoms with Crippen molar-refractivity contribution < 1.29 is 9.53 Å².